The molecule has 1 aliphatic heterocycles. The van der Waals surface area contributed by atoms with Gasteiger partial charge in [-0.3, -0.25) is 4.79 Å². The third-order valence-electron chi connectivity index (χ3n) is 4.88. The molecule has 1 aliphatic rings. The van der Waals surface area contributed by atoms with Gasteiger partial charge in [0.2, 0.25) is 23.4 Å². The van der Waals surface area contributed by atoms with Gasteiger partial charge in [-0.15, -0.1) is 0 Å². The SMILES string of the molecule is COc1cc(-c2noc(CCCC(=O)N3CCCCC3)n2)cc(OC)c1OC. The molecule has 1 amide bonds. The molecule has 0 bridgehead atoms. The number of amides is 1. The van der Waals surface area contributed by atoms with E-state index in [4.69, 9.17) is 18.7 Å². The highest BCUT2D eigenvalue weighted by Crippen LogP contribution is 2.40. The first-order valence-electron chi connectivity index (χ1n) is 9.57. The molecule has 3 rings (SSSR count). The number of carbonyl (C=O) groups excluding carboxylic acids is 1. The van der Waals surface area contributed by atoms with Crippen LogP contribution in [0.15, 0.2) is 16.7 Å². The van der Waals surface area contributed by atoms with E-state index in [9.17, 15) is 4.79 Å². The average Bonchev–Trinajstić information content (AvgIpc) is 3.22. The minimum atomic E-state index is 0.212. The largest absolute Gasteiger partial charge is 0.493 e. The molecule has 0 atom stereocenters. The topological polar surface area (TPSA) is 86.9 Å². The van der Waals surface area contributed by atoms with Gasteiger partial charge >= 0.3 is 0 Å². The van der Waals surface area contributed by atoms with Gasteiger partial charge in [-0.1, -0.05) is 5.16 Å². The third-order valence-corrected chi connectivity index (χ3v) is 4.88. The van der Waals surface area contributed by atoms with E-state index in [1.54, 1.807) is 33.5 Å². The van der Waals surface area contributed by atoms with Crippen LogP contribution < -0.4 is 14.2 Å². The fraction of sp³-hybridized carbons (Fsp3) is 0.550. The Hall–Kier alpha value is -2.77. The second-order valence-electron chi connectivity index (χ2n) is 6.72. The minimum absolute atomic E-state index is 0.212. The number of piperidine rings is 1. The fourth-order valence-corrected chi connectivity index (χ4v) is 3.38. The van der Waals surface area contributed by atoms with Crippen LogP contribution in [0.3, 0.4) is 0 Å². The number of rotatable bonds is 8. The zero-order valence-corrected chi connectivity index (χ0v) is 16.7. The minimum Gasteiger partial charge on any atom is -0.493 e. The number of carbonyl (C=O) groups is 1. The number of aromatic nitrogens is 2. The van der Waals surface area contributed by atoms with Crippen molar-refractivity contribution in [3.05, 3.63) is 18.0 Å². The number of aryl methyl sites for hydroxylation is 1. The summed E-state index contributed by atoms with van der Waals surface area (Å²) < 4.78 is 21.4. The van der Waals surface area contributed by atoms with Crippen LogP contribution in [0.4, 0.5) is 0 Å². The highest BCUT2D eigenvalue weighted by atomic mass is 16.5. The molecule has 0 N–H and O–H groups in total. The average molecular weight is 389 g/mol. The lowest BCUT2D eigenvalue weighted by Crippen LogP contribution is -2.35. The summed E-state index contributed by atoms with van der Waals surface area (Å²) in [7, 11) is 4.67. The predicted octanol–water partition coefficient (Wildman–Crippen LogP) is 3.10. The Kier molecular flexibility index (Phi) is 6.73. The van der Waals surface area contributed by atoms with E-state index >= 15 is 0 Å². The normalized spacial score (nSPS) is 14.0. The highest BCUT2D eigenvalue weighted by molar-refractivity contribution is 5.76. The Morgan fingerprint density at radius 3 is 2.36 bits per heavy atom. The molecule has 2 aromatic rings. The standard InChI is InChI=1S/C20H27N3O5/c1-25-15-12-14(13-16(26-2)19(15)27-3)20-21-17(28-22-20)8-7-9-18(24)23-10-5-4-6-11-23/h12-13H,4-11H2,1-3H3. The van der Waals surface area contributed by atoms with E-state index in [0.29, 0.717) is 53.8 Å². The van der Waals surface area contributed by atoms with Crippen LogP contribution in [0.5, 0.6) is 17.2 Å². The molecule has 28 heavy (non-hydrogen) atoms. The van der Waals surface area contributed by atoms with Gasteiger partial charge in [0.05, 0.1) is 21.3 Å². The molecule has 0 aliphatic carbocycles. The van der Waals surface area contributed by atoms with Gasteiger partial charge in [0.15, 0.2) is 11.5 Å². The zero-order valence-electron chi connectivity index (χ0n) is 16.7. The first kappa shape index (κ1) is 20.0. The molecule has 0 spiro atoms. The molecule has 1 saturated heterocycles. The molecule has 8 heteroatoms. The van der Waals surface area contributed by atoms with Crippen molar-refractivity contribution in [2.24, 2.45) is 0 Å². The van der Waals surface area contributed by atoms with E-state index in [1.165, 1.54) is 6.42 Å². The number of ether oxygens (including phenoxy) is 3. The number of hydrogen-bond donors (Lipinski definition) is 0. The molecular formula is C20H27N3O5. The number of benzene rings is 1. The lowest BCUT2D eigenvalue weighted by molar-refractivity contribution is -0.132. The lowest BCUT2D eigenvalue weighted by Gasteiger charge is -2.26. The molecule has 2 heterocycles. The quantitative estimate of drug-likeness (QED) is 0.685. The summed E-state index contributed by atoms with van der Waals surface area (Å²) in [5.41, 5.74) is 0.703. The van der Waals surface area contributed by atoms with Crippen LogP contribution in [0, 0.1) is 0 Å². The fourth-order valence-electron chi connectivity index (χ4n) is 3.38. The molecular weight excluding hydrogens is 362 g/mol. The number of likely N-dealkylation sites (tertiary alicyclic amines) is 1. The lowest BCUT2D eigenvalue weighted by atomic mass is 10.1. The Balaban J connectivity index is 1.63. The van der Waals surface area contributed by atoms with Crippen molar-refractivity contribution in [2.75, 3.05) is 34.4 Å². The summed E-state index contributed by atoms with van der Waals surface area (Å²) in [5, 5.41) is 4.05. The Morgan fingerprint density at radius 2 is 1.75 bits per heavy atom. The number of nitrogens with zero attached hydrogens (tertiary/aromatic N) is 3. The first-order chi connectivity index (χ1) is 13.7. The monoisotopic (exact) mass is 389 g/mol. The van der Waals surface area contributed by atoms with Gasteiger partial charge in [-0.05, 0) is 37.8 Å². The van der Waals surface area contributed by atoms with Crippen LogP contribution >= 0.6 is 0 Å². The maximum absolute atomic E-state index is 12.2. The first-order valence-corrected chi connectivity index (χ1v) is 9.57. The summed E-state index contributed by atoms with van der Waals surface area (Å²) in [6, 6.07) is 3.55. The maximum atomic E-state index is 12.2. The summed E-state index contributed by atoms with van der Waals surface area (Å²) in [4.78, 5) is 18.6. The highest BCUT2D eigenvalue weighted by Gasteiger charge is 2.19. The van der Waals surface area contributed by atoms with Crippen LogP contribution in [-0.4, -0.2) is 55.4 Å². The second-order valence-corrected chi connectivity index (χ2v) is 6.72. The van der Waals surface area contributed by atoms with Gasteiger partial charge < -0.3 is 23.6 Å². The van der Waals surface area contributed by atoms with Gasteiger partial charge in [-0.2, -0.15) is 4.98 Å². The van der Waals surface area contributed by atoms with E-state index in [2.05, 4.69) is 10.1 Å². The summed E-state index contributed by atoms with van der Waals surface area (Å²) in [6.45, 7) is 1.76. The van der Waals surface area contributed by atoms with Crippen molar-refractivity contribution in [1.29, 1.82) is 0 Å². The van der Waals surface area contributed by atoms with Crippen molar-refractivity contribution in [3.63, 3.8) is 0 Å². The van der Waals surface area contributed by atoms with E-state index < -0.39 is 0 Å². The van der Waals surface area contributed by atoms with Crippen molar-refractivity contribution in [1.82, 2.24) is 15.0 Å². The van der Waals surface area contributed by atoms with Crippen LogP contribution in [-0.2, 0) is 11.2 Å². The molecule has 1 aromatic carbocycles. The van der Waals surface area contributed by atoms with Gasteiger partial charge in [-0.25, -0.2) is 0 Å². The van der Waals surface area contributed by atoms with E-state index in [-0.39, 0.29) is 5.91 Å². The summed E-state index contributed by atoms with van der Waals surface area (Å²) in [5.74, 6) is 2.72. The van der Waals surface area contributed by atoms with Crippen molar-refractivity contribution >= 4 is 5.91 Å². The van der Waals surface area contributed by atoms with Gasteiger partial charge in [0.1, 0.15) is 0 Å². The molecule has 1 aromatic heterocycles. The van der Waals surface area contributed by atoms with E-state index in [1.807, 2.05) is 4.90 Å². The van der Waals surface area contributed by atoms with Gasteiger partial charge in [0, 0.05) is 31.5 Å². The molecule has 0 unspecified atom stereocenters. The second kappa shape index (κ2) is 9.43. The number of methoxy groups -OCH3 is 3. The predicted molar refractivity (Wildman–Crippen MR) is 103 cm³/mol. The Morgan fingerprint density at radius 1 is 1.07 bits per heavy atom. The van der Waals surface area contributed by atoms with Crippen molar-refractivity contribution in [3.8, 4) is 28.6 Å². The molecule has 8 nitrogen and oxygen atoms in total. The van der Waals surface area contributed by atoms with Crippen molar-refractivity contribution in [2.45, 2.75) is 38.5 Å². The zero-order chi connectivity index (χ0) is 19.9. The van der Waals surface area contributed by atoms with Crippen LogP contribution in [0.2, 0.25) is 0 Å². The molecule has 1 fully saturated rings. The van der Waals surface area contributed by atoms with Crippen molar-refractivity contribution < 1.29 is 23.5 Å². The smallest absolute Gasteiger partial charge is 0.226 e. The molecule has 152 valence electrons. The van der Waals surface area contributed by atoms with Gasteiger partial charge in [0.25, 0.3) is 0 Å². The summed E-state index contributed by atoms with van der Waals surface area (Å²) >= 11 is 0. The van der Waals surface area contributed by atoms with E-state index in [0.717, 1.165) is 25.9 Å². The Bertz CT molecular complexity index is 774. The Labute approximate surface area is 164 Å². The number of hydrogen-bond acceptors (Lipinski definition) is 7. The third kappa shape index (κ3) is 4.55. The van der Waals surface area contributed by atoms with Crippen LogP contribution in [0.25, 0.3) is 11.4 Å². The molecule has 0 radical (unpaired) electrons. The maximum Gasteiger partial charge on any atom is 0.226 e. The van der Waals surface area contributed by atoms with Crippen LogP contribution in [0.1, 0.15) is 38.0 Å². The molecule has 0 saturated carbocycles. The summed E-state index contributed by atoms with van der Waals surface area (Å²) in [6.07, 6.45) is 5.18.